The first kappa shape index (κ1) is 18.3. The van der Waals surface area contributed by atoms with Gasteiger partial charge in [-0.15, -0.1) is 0 Å². The van der Waals surface area contributed by atoms with Gasteiger partial charge in [0.15, 0.2) is 11.6 Å². The van der Waals surface area contributed by atoms with Gasteiger partial charge in [0.05, 0.1) is 22.4 Å². The summed E-state index contributed by atoms with van der Waals surface area (Å²) in [7, 11) is -0.456. The minimum absolute atomic E-state index is 0.295. The fourth-order valence-electron chi connectivity index (χ4n) is 2.99. The molecule has 27 heavy (non-hydrogen) atoms. The highest BCUT2D eigenvalue weighted by molar-refractivity contribution is 6.62. The van der Waals surface area contributed by atoms with E-state index < -0.39 is 29.9 Å². The Balaban J connectivity index is 1.67. The fourth-order valence-corrected chi connectivity index (χ4v) is 3.27. The molecule has 0 saturated carbocycles. The lowest BCUT2D eigenvalue weighted by Gasteiger charge is -2.32. The molecule has 0 atom stereocenters. The van der Waals surface area contributed by atoms with E-state index in [0.717, 1.165) is 11.5 Å². The van der Waals surface area contributed by atoms with Crippen LogP contribution in [-0.4, -0.2) is 33.2 Å². The zero-order valence-electron chi connectivity index (χ0n) is 15.5. The number of hydrogen-bond acceptors (Lipinski definition) is 4. The molecule has 2 heterocycles. The molecule has 8 heteroatoms. The summed E-state index contributed by atoms with van der Waals surface area (Å²) in [6.07, 6.45) is 0. The maximum atomic E-state index is 13.6. The van der Waals surface area contributed by atoms with Crippen molar-refractivity contribution in [2.75, 3.05) is 0 Å². The van der Waals surface area contributed by atoms with Crippen LogP contribution in [0.4, 0.5) is 4.39 Å². The molecule has 0 bridgehead atoms. The van der Waals surface area contributed by atoms with Gasteiger partial charge in [-0.25, -0.2) is 9.07 Å². The van der Waals surface area contributed by atoms with Crippen molar-refractivity contribution in [1.82, 2.24) is 9.78 Å². The standard InChI is InChI=1S/C19H19BClFN2O3/c1-18(2)19(3,4)27-20(26-18)11-5-7-12(8-6-11)24-17(21)13-9-16(25)14(22)10-15(13)23-24/h5-10,25H,1-4H3. The zero-order chi connectivity index (χ0) is 19.6. The van der Waals surface area contributed by atoms with Crippen LogP contribution in [0.5, 0.6) is 5.75 Å². The van der Waals surface area contributed by atoms with Crippen molar-refractivity contribution >= 4 is 35.1 Å². The summed E-state index contributed by atoms with van der Waals surface area (Å²) in [5, 5.41) is 14.7. The maximum absolute atomic E-state index is 13.6. The Morgan fingerprint density at radius 3 is 2.26 bits per heavy atom. The minimum Gasteiger partial charge on any atom is -0.505 e. The molecule has 2 aromatic carbocycles. The molecule has 1 aromatic heterocycles. The van der Waals surface area contributed by atoms with Crippen LogP contribution in [0.2, 0.25) is 5.15 Å². The predicted molar refractivity (Wildman–Crippen MR) is 103 cm³/mol. The maximum Gasteiger partial charge on any atom is 0.494 e. The summed E-state index contributed by atoms with van der Waals surface area (Å²) >= 11 is 6.38. The number of aromatic hydroxyl groups is 1. The predicted octanol–water partition coefficient (Wildman–Crippen LogP) is 3.82. The largest absolute Gasteiger partial charge is 0.505 e. The van der Waals surface area contributed by atoms with E-state index in [1.807, 2.05) is 52.0 Å². The number of phenolic OH excluding ortho intramolecular Hbond substituents is 1. The number of benzene rings is 2. The van der Waals surface area contributed by atoms with E-state index in [4.69, 9.17) is 20.9 Å². The molecule has 140 valence electrons. The fraction of sp³-hybridized carbons (Fsp3) is 0.316. The topological polar surface area (TPSA) is 56.5 Å². The van der Waals surface area contributed by atoms with Crippen LogP contribution in [0, 0.1) is 5.82 Å². The Morgan fingerprint density at radius 2 is 1.67 bits per heavy atom. The van der Waals surface area contributed by atoms with Gasteiger partial charge in [0.25, 0.3) is 0 Å². The van der Waals surface area contributed by atoms with Gasteiger partial charge in [0.1, 0.15) is 5.15 Å². The quantitative estimate of drug-likeness (QED) is 0.678. The first-order valence-corrected chi connectivity index (χ1v) is 8.99. The molecule has 0 unspecified atom stereocenters. The van der Waals surface area contributed by atoms with Crippen LogP contribution in [0.1, 0.15) is 27.7 Å². The van der Waals surface area contributed by atoms with E-state index in [2.05, 4.69) is 5.10 Å². The SMILES string of the molecule is CC1(C)OB(c2ccc(-n3nc4cc(F)c(O)cc4c3Cl)cc2)OC1(C)C. The molecular weight excluding hydrogens is 369 g/mol. The number of hydrogen-bond donors (Lipinski definition) is 1. The van der Waals surface area contributed by atoms with Crippen LogP contribution in [0.15, 0.2) is 36.4 Å². The highest BCUT2D eigenvalue weighted by Gasteiger charge is 2.51. The highest BCUT2D eigenvalue weighted by Crippen LogP contribution is 2.36. The highest BCUT2D eigenvalue weighted by atomic mass is 35.5. The Hall–Kier alpha value is -2.09. The number of halogens is 2. The van der Waals surface area contributed by atoms with Crippen LogP contribution in [0.25, 0.3) is 16.6 Å². The lowest BCUT2D eigenvalue weighted by atomic mass is 9.79. The van der Waals surface area contributed by atoms with Crippen molar-refractivity contribution in [1.29, 1.82) is 0 Å². The third-order valence-corrected chi connectivity index (χ3v) is 5.71. The summed E-state index contributed by atoms with van der Waals surface area (Å²) in [4.78, 5) is 0. The molecule has 5 nitrogen and oxygen atoms in total. The summed E-state index contributed by atoms with van der Waals surface area (Å²) in [6.45, 7) is 8.02. The molecular formula is C19H19BClFN2O3. The number of nitrogens with zero attached hydrogens (tertiary/aromatic N) is 2. The summed E-state index contributed by atoms with van der Waals surface area (Å²) in [6, 6.07) is 9.89. The summed E-state index contributed by atoms with van der Waals surface area (Å²) < 4.78 is 27.2. The first-order valence-electron chi connectivity index (χ1n) is 8.62. The van der Waals surface area contributed by atoms with E-state index in [0.29, 0.717) is 21.7 Å². The van der Waals surface area contributed by atoms with Gasteiger partial charge in [-0.05, 0) is 51.4 Å². The molecule has 3 aromatic rings. The Labute approximate surface area is 161 Å². The van der Waals surface area contributed by atoms with Crippen LogP contribution >= 0.6 is 11.6 Å². The Morgan fingerprint density at radius 1 is 1.07 bits per heavy atom. The monoisotopic (exact) mass is 388 g/mol. The lowest BCUT2D eigenvalue weighted by molar-refractivity contribution is 0.00578. The van der Waals surface area contributed by atoms with Crippen molar-refractivity contribution in [2.45, 2.75) is 38.9 Å². The molecule has 4 rings (SSSR count). The molecule has 1 N–H and O–H groups in total. The van der Waals surface area contributed by atoms with Gasteiger partial charge in [-0.2, -0.15) is 5.10 Å². The third kappa shape index (κ3) is 2.90. The van der Waals surface area contributed by atoms with Gasteiger partial charge in [0.2, 0.25) is 0 Å². The first-order chi connectivity index (χ1) is 12.6. The molecule has 1 saturated heterocycles. The molecule has 0 aliphatic carbocycles. The number of aromatic nitrogens is 2. The number of fused-ring (bicyclic) bond motifs is 1. The van der Waals surface area contributed by atoms with Crippen LogP contribution in [0.3, 0.4) is 0 Å². The molecule has 0 radical (unpaired) electrons. The second-order valence-electron chi connectivity index (χ2n) is 7.70. The van der Waals surface area contributed by atoms with E-state index in [1.54, 1.807) is 0 Å². The number of rotatable bonds is 2. The van der Waals surface area contributed by atoms with Gasteiger partial charge in [-0.1, -0.05) is 23.7 Å². The molecule has 1 aliphatic heterocycles. The second-order valence-corrected chi connectivity index (χ2v) is 8.06. The van der Waals surface area contributed by atoms with E-state index >= 15 is 0 Å². The summed E-state index contributed by atoms with van der Waals surface area (Å²) in [5.41, 5.74) is 1.13. The average Bonchev–Trinajstić information content (AvgIpc) is 3.02. The van der Waals surface area contributed by atoms with Crippen molar-refractivity contribution in [3.05, 3.63) is 47.4 Å². The van der Waals surface area contributed by atoms with Crippen molar-refractivity contribution in [2.24, 2.45) is 0 Å². The van der Waals surface area contributed by atoms with E-state index in [-0.39, 0.29) is 0 Å². The summed E-state index contributed by atoms with van der Waals surface area (Å²) in [5.74, 6) is -1.19. The third-order valence-electron chi connectivity index (χ3n) is 5.34. The van der Waals surface area contributed by atoms with Crippen LogP contribution in [-0.2, 0) is 9.31 Å². The van der Waals surface area contributed by atoms with Crippen molar-refractivity contribution in [3.63, 3.8) is 0 Å². The molecule has 1 fully saturated rings. The van der Waals surface area contributed by atoms with Gasteiger partial charge in [-0.3, -0.25) is 0 Å². The van der Waals surface area contributed by atoms with Crippen molar-refractivity contribution in [3.8, 4) is 11.4 Å². The smallest absolute Gasteiger partial charge is 0.494 e. The van der Waals surface area contributed by atoms with Gasteiger partial charge < -0.3 is 14.4 Å². The van der Waals surface area contributed by atoms with E-state index in [9.17, 15) is 9.50 Å². The van der Waals surface area contributed by atoms with Crippen molar-refractivity contribution < 1.29 is 18.8 Å². The van der Waals surface area contributed by atoms with Crippen LogP contribution < -0.4 is 5.46 Å². The van der Waals surface area contributed by atoms with Gasteiger partial charge in [0, 0.05) is 11.5 Å². The van der Waals surface area contributed by atoms with Gasteiger partial charge >= 0.3 is 7.12 Å². The zero-order valence-corrected chi connectivity index (χ0v) is 16.2. The Kier molecular flexibility index (Phi) is 4.03. The van der Waals surface area contributed by atoms with E-state index in [1.165, 1.54) is 10.7 Å². The minimum atomic E-state index is -0.736. The second kappa shape index (κ2) is 5.96. The number of phenols is 1. The lowest BCUT2D eigenvalue weighted by Crippen LogP contribution is -2.41. The normalized spacial score (nSPS) is 18.4. The Bertz CT molecular complexity index is 1020. The molecule has 0 spiro atoms. The average molecular weight is 389 g/mol. The molecule has 1 aliphatic rings. The molecule has 0 amide bonds.